The summed E-state index contributed by atoms with van der Waals surface area (Å²) < 4.78 is 5.54. The number of carbonyl (C=O) groups is 2. The minimum absolute atomic E-state index is 0.00239. The number of ketones is 1. The molecule has 184 valence electrons. The molecule has 0 saturated heterocycles. The molecule has 1 N–H and O–H groups in total. The highest BCUT2D eigenvalue weighted by Gasteiger charge is 2.27. The fraction of sp³-hybridized carbons (Fsp3) is 0.259. The molecule has 0 bridgehead atoms. The van der Waals surface area contributed by atoms with Gasteiger partial charge in [0.15, 0.2) is 17.5 Å². The fourth-order valence-electron chi connectivity index (χ4n) is 4.21. The molecule has 2 aromatic heterocycles. The minimum atomic E-state index is -0.500. The van der Waals surface area contributed by atoms with Crippen molar-refractivity contribution in [3.8, 4) is 16.9 Å². The Morgan fingerprint density at radius 2 is 2.00 bits per heavy atom. The first-order chi connectivity index (χ1) is 17.4. The van der Waals surface area contributed by atoms with Gasteiger partial charge in [0.1, 0.15) is 10.6 Å². The number of hydrogen-bond donors (Lipinski definition) is 1. The summed E-state index contributed by atoms with van der Waals surface area (Å²) in [5.74, 6) is 0.359. The molecule has 4 aromatic rings. The number of carbonyl (C=O) groups excluding carboxylic acids is 2. The van der Waals surface area contributed by atoms with Gasteiger partial charge >= 0.3 is 0 Å². The van der Waals surface area contributed by atoms with E-state index in [1.165, 1.54) is 23.1 Å². The Labute approximate surface area is 216 Å². The zero-order valence-electron chi connectivity index (χ0n) is 20.2. The summed E-state index contributed by atoms with van der Waals surface area (Å²) in [7, 11) is 0. The average Bonchev–Trinajstić information content (AvgIpc) is 3.30. The maximum Gasteiger partial charge on any atom is 0.265 e. The zero-order valence-corrected chi connectivity index (χ0v) is 21.8. The summed E-state index contributed by atoms with van der Waals surface area (Å²) in [5.41, 5.74) is 3.85. The smallest absolute Gasteiger partial charge is 0.265 e. The monoisotopic (exact) mass is 519 g/mol. The van der Waals surface area contributed by atoms with E-state index in [0.29, 0.717) is 38.9 Å². The van der Waals surface area contributed by atoms with Crippen molar-refractivity contribution in [3.63, 3.8) is 0 Å². The summed E-state index contributed by atoms with van der Waals surface area (Å²) >= 11 is 2.62. The molecule has 0 aliphatic carbocycles. The van der Waals surface area contributed by atoms with Crippen LogP contribution in [0.15, 0.2) is 57.8 Å². The van der Waals surface area contributed by atoms with Gasteiger partial charge in [-0.1, -0.05) is 48.5 Å². The lowest BCUT2D eigenvalue weighted by Gasteiger charge is -2.29. The molecular formula is C27H25N3O4S2. The minimum Gasteiger partial charge on any atom is -0.482 e. The van der Waals surface area contributed by atoms with Crippen molar-refractivity contribution in [2.24, 2.45) is 0 Å². The van der Waals surface area contributed by atoms with Gasteiger partial charge in [0, 0.05) is 23.1 Å². The molecule has 3 heterocycles. The predicted octanol–water partition coefficient (Wildman–Crippen LogP) is 5.46. The number of nitrogens with one attached hydrogen (secondary N) is 1. The highest BCUT2D eigenvalue weighted by Crippen LogP contribution is 2.35. The lowest BCUT2D eigenvalue weighted by molar-refractivity contribution is -0.121. The summed E-state index contributed by atoms with van der Waals surface area (Å²) in [4.78, 5) is 48.4. The van der Waals surface area contributed by atoms with E-state index < -0.39 is 5.25 Å². The van der Waals surface area contributed by atoms with E-state index in [1.807, 2.05) is 43.5 Å². The van der Waals surface area contributed by atoms with Crippen LogP contribution in [0.3, 0.4) is 0 Å². The number of nitrogens with zero attached hydrogens (tertiary/aromatic N) is 2. The third-order valence-electron chi connectivity index (χ3n) is 6.08. The molecule has 7 nitrogen and oxygen atoms in total. The molecule has 1 aliphatic heterocycles. The molecule has 9 heteroatoms. The standard InChI is InChI=1S/C27H25N3O4S2/c1-4-11-30-20-12-18(9-10-21(20)34-13-22(30)31)24(32)16(3)36-27-28-25(33)23-19(14-35-26(23)29-27)17-7-5-15(2)6-8-17/h5-10,12,14,16H,4,11,13H2,1-3H3,(H,28,29,33). The summed E-state index contributed by atoms with van der Waals surface area (Å²) in [5, 5.41) is 2.40. The van der Waals surface area contributed by atoms with E-state index in [2.05, 4.69) is 9.97 Å². The lowest BCUT2D eigenvalue weighted by Crippen LogP contribution is -2.39. The number of H-pyrrole nitrogens is 1. The Hall–Kier alpha value is -3.43. The van der Waals surface area contributed by atoms with E-state index in [1.54, 1.807) is 30.0 Å². The van der Waals surface area contributed by atoms with Crippen LogP contribution < -0.4 is 15.2 Å². The van der Waals surface area contributed by atoms with Crippen LogP contribution in [0.5, 0.6) is 5.75 Å². The maximum absolute atomic E-state index is 13.3. The van der Waals surface area contributed by atoms with E-state index in [0.717, 1.165) is 23.1 Å². The number of rotatable bonds is 7. The first-order valence-corrected chi connectivity index (χ1v) is 13.5. The largest absolute Gasteiger partial charge is 0.482 e. The number of thioether (sulfide) groups is 1. The molecule has 0 saturated carbocycles. The predicted molar refractivity (Wildman–Crippen MR) is 145 cm³/mol. The summed E-state index contributed by atoms with van der Waals surface area (Å²) in [6.07, 6.45) is 0.797. The first-order valence-electron chi connectivity index (χ1n) is 11.7. The number of benzene rings is 2. The van der Waals surface area contributed by atoms with E-state index in [-0.39, 0.29) is 23.9 Å². The van der Waals surface area contributed by atoms with Crippen molar-refractivity contribution >= 4 is 50.7 Å². The first kappa shape index (κ1) is 24.3. The highest BCUT2D eigenvalue weighted by atomic mass is 32.2. The van der Waals surface area contributed by atoms with Gasteiger partial charge in [0.25, 0.3) is 11.5 Å². The third kappa shape index (κ3) is 4.56. The van der Waals surface area contributed by atoms with Crippen LogP contribution in [0.1, 0.15) is 36.2 Å². The van der Waals surface area contributed by atoms with Crippen LogP contribution in [0.2, 0.25) is 0 Å². The van der Waals surface area contributed by atoms with E-state index in [9.17, 15) is 14.4 Å². The molecule has 0 radical (unpaired) electrons. The van der Waals surface area contributed by atoms with Gasteiger partial charge in [0.05, 0.1) is 16.3 Å². The molecule has 0 spiro atoms. The zero-order chi connectivity index (χ0) is 25.4. The normalized spacial score (nSPS) is 14.0. The number of anilines is 1. The van der Waals surface area contributed by atoms with Crippen LogP contribution in [-0.4, -0.2) is 40.1 Å². The Morgan fingerprint density at radius 1 is 1.22 bits per heavy atom. The van der Waals surface area contributed by atoms with Gasteiger partial charge in [-0.05, 0) is 44.0 Å². The van der Waals surface area contributed by atoms with Crippen molar-refractivity contribution in [1.82, 2.24) is 9.97 Å². The molecule has 2 aromatic carbocycles. The lowest BCUT2D eigenvalue weighted by atomic mass is 10.1. The molecule has 0 fully saturated rings. The van der Waals surface area contributed by atoms with Gasteiger partial charge in [-0.25, -0.2) is 4.98 Å². The number of thiophene rings is 1. The number of ether oxygens (including phenoxy) is 1. The van der Waals surface area contributed by atoms with Gasteiger partial charge in [0.2, 0.25) is 0 Å². The second kappa shape index (κ2) is 9.91. The molecule has 1 amide bonds. The van der Waals surface area contributed by atoms with Crippen molar-refractivity contribution in [1.29, 1.82) is 0 Å². The number of aryl methyl sites for hydroxylation is 1. The van der Waals surface area contributed by atoms with Gasteiger partial charge in [-0.15, -0.1) is 11.3 Å². The number of amides is 1. The highest BCUT2D eigenvalue weighted by molar-refractivity contribution is 8.00. The number of fused-ring (bicyclic) bond motifs is 2. The van der Waals surface area contributed by atoms with Crippen LogP contribution >= 0.6 is 23.1 Å². The topological polar surface area (TPSA) is 92.4 Å². The van der Waals surface area contributed by atoms with Gasteiger partial charge in [-0.3, -0.25) is 14.4 Å². The number of hydrogen-bond acceptors (Lipinski definition) is 7. The van der Waals surface area contributed by atoms with Gasteiger partial charge < -0.3 is 14.6 Å². The molecular weight excluding hydrogens is 494 g/mol. The van der Waals surface area contributed by atoms with Crippen molar-refractivity contribution in [3.05, 3.63) is 69.3 Å². The number of Topliss-reactive ketones (excluding diaryl/α,β-unsaturated/α-hetero) is 1. The van der Waals surface area contributed by atoms with Crippen LogP contribution in [0.4, 0.5) is 5.69 Å². The quantitative estimate of drug-likeness (QED) is 0.198. The van der Waals surface area contributed by atoms with Gasteiger partial charge in [-0.2, -0.15) is 0 Å². The maximum atomic E-state index is 13.3. The second-order valence-corrected chi connectivity index (χ2v) is 10.9. The molecule has 5 rings (SSSR count). The Balaban J connectivity index is 1.39. The Morgan fingerprint density at radius 3 is 2.75 bits per heavy atom. The van der Waals surface area contributed by atoms with E-state index in [4.69, 9.17) is 4.74 Å². The molecule has 1 unspecified atom stereocenters. The van der Waals surface area contributed by atoms with Crippen molar-refractivity contribution < 1.29 is 14.3 Å². The second-order valence-electron chi connectivity index (χ2n) is 8.71. The van der Waals surface area contributed by atoms with Crippen LogP contribution in [-0.2, 0) is 4.79 Å². The van der Waals surface area contributed by atoms with Crippen LogP contribution in [0, 0.1) is 6.92 Å². The van der Waals surface area contributed by atoms with Crippen molar-refractivity contribution in [2.75, 3.05) is 18.1 Å². The number of aromatic amines is 1. The number of aromatic nitrogens is 2. The SMILES string of the molecule is CCCN1C(=O)COc2ccc(C(=O)C(C)Sc3nc4scc(-c5ccc(C)cc5)c4c(=O)[nH]3)cc21. The third-order valence-corrected chi connectivity index (χ3v) is 7.93. The fourth-order valence-corrected chi connectivity index (χ4v) is 6.09. The summed E-state index contributed by atoms with van der Waals surface area (Å²) in [6, 6.07) is 13.2. The Kier molecular flexibility index (Phi) is 6.68. The summed E-state index contributed by atoms with van der Waals surface area (Å²) in [6.45, 7) is 6.37. The average molecular weight is 520 g/mol. The molecule has 1 atom stereocenters. The van der Waals surface area contributed by atoms with Crippen LogP contribution in [0.25, 0.3) is 21.3 Å². The molecule has 1 aliphatic rings. The Bertz CT molecular complexity index is 1520. The van der Waals surface area contributed by atoms with Crippen molar-refractivity contribution in [2.45, 2.75) is 37.6 Å². The van der Waals surface area contributed by atoms with E-state index >= 15 is 0 Å². The molecule has 36 heavy (non-hydrogen) atoms.